The monoisotopic (exact) mass is 1110 g/mol. The molecule has 0 radical (unpaired) electrons. The molecule has 0 saturated heterocycles. The van der Waals surface area contributed by atoms with Crippen molar-refractivity contribution < 1.29 is 24.2 Å². The lowest BCUT2D eigenvalue weighted by atomic mass is 10.0. The highest BCUT2D eigenvalue weighted by Crippen LogP contribution is 2.18. The van der Waals surface area contributed by atoms with Gasteiger partial charge in [-0.3, -0.25) is 9.59 Å². The minimum absolute atomic E-state index is 0.0680. The topological polar surface area (TPSA) is 72.8 Å². The standard InChI is InChI=1S/C75H132O5/c1-3-5-7-9-11-13-15-17-19-21-23-25-27-29-31-33-34-35-36-37-38-39-40-42-43-45-47-49-51-53-55-57-59-61-63-65-67-69-74(77)79-72-73(71-76)80-75(78)70-68-66-64-62-60-58-56-54-52-50-48-46-44-41-32-30-28-26-24-22-20-18-16-14-12-10-8-6-4-2/h6,8,12,14-15,17-18,20-21,23-24,26,30,32,44,46,73,76H,3-5,7,9-11,13,16,19,22,25,27-29,31,33-43,45,47-72H2,1-2H3/b8-6-,14-12-,17-15-,20-18-,23-21-,26-24-,32-30-,46-44-. The van der Waals surface area contributed by atoms with E-state index in [1.807, 2.05) is 0 Å². The Balaban J connectivity index is 3.44. The van der Waals surface area contributed by atoms with E-state index in [-0.39, 0.29) is 25.2 Å². The summed E-state index contributed by atoms with van der Waals surface area (Å²) in [7, 11) is 0. The van der Waals surface area contributed by atoms with Crippen LogP contribution in [0.1, 0.15) is 348 Å². The summed E-state index contributed by atoms with van der Waals surface area (Å²) in [5, 5.41) is 9.70. The van der Waals surface area contributed by atoms with Crippen LogP contribution >= 0.6 is 0 Å². The number of hydrogen-bond acceptors (Lipinski definition) is 5. The third kappa shape index (κ3) is 67.3. The molecule has 1 atom stereocenters. The number of esters is 2. The minimum Gasteiger partial charge on any atom is -0.462 e. The first-order valence-electron chi connectivity index (χ1n) is 34.8. The van der Waals surface area contributed by atoms with Crippen molar-refractivity contribution in [1.82, 2.24) is 0 Å². The zero-order valence-electron chi connectivity index (χ0n) is 53.1. The molecule has 1 N–H and O–H groups in total. The van der Waals surface area contributed by atoms with Gasteiger partial charge in [0.25, 0.3) is 0 Å². The molecule has 0 aromatic rings. The number of carbonyl (C=O) groups excluding carboxylic acids is 2. The van der Waals surface area contributed by atoms with Crippen LogP contribution in [0.15, 0.2) is 97.2 Å². The Hall–Kier alpha value is -3.18. The van der Waals surface area contributed by atoms with Crippen LogP contribution in [0, 0.1) is 0 Å². The molecule has 0 aromatic heterocycles. The zero-order valence-corrected chi connectivity index (χ0v) is 53.1. The van der Waals surface area contributed by atoms with Gasteiger partial charge in [0, 0.05) is 12.8 Å². The number of aliphatic hydroxyl groups is 1. The molecular formula is C75H132O5. The summed E-state index contributed by atoms with van der Waals surface area (Å²) < 4.78 is 10.8. The molecule has 0 saturated carbocycles. The predicted molar refractivity (Wildman–Crippen MR) is 352 cm³/mol. The lowest BCUT2D eigenvalue weighted by molar-refractivity contribution is -0.161. The van der Waals surface area contributed by atoms with Gasteiger partial charge in [0.1, 0.15) is 6.61 Å². The van der Waals surface area contributed by atoms with Crippen LogP contribution in [0.4, 0.5) is 0 Å². The predicted octanol–water partition coefficient (Wildman–Crippen LogP) is 24.2. The molecule has 5 nitrogen and oxygen atoms in total. The first-order chi connectivity index (χ1) is 39.6. The highest BCUT2D eigenvalue weighted by molar-refractivity contribution is 5.70. The van der Waals surface area contributed by atoms with Gasteiger partial charge in [0.05, 0.1) is 6.61 Å². The average molecular weight is 1110 g/mol. The maximum atomic E-state index is 12.4. The van der Waals surface area contributed by atoms with E-state index in [2.05, 4.69) is 111 Å². The Bertz CT molecular complexity index is 1500. The van der Waals surface area contributed by atoms with Crippen molar-refractivity contribution in [3.05, 3.63) is 97.2 Å². The van der Waals surface area contributed by atoms with Crippen LogP contribution in [0.25, 0.3) is 0 Å². The molecular weight excluding hydrogens is 981 g/mol. The van der Waals surface area contributed by atoms with E-state index in [0.29, 0.717) is 12.8 Å². The molecule has 0 aliphatic carbocycles. The minimum atomic E-state index is -0.780. The third-order valence-corrected chi connectivity index (χ3v) is 15.4. The van der Waals surface area contributed by atoms with Crippen LogP contribution in [0.3, 0.4) is 0 Å². The largest absolute Gasteiger partial charge is 0.462 e. The number of unbranched alkanes of at least 4 members (excludes halogenated alkanes) is 40. The summed E-state index contributed by atoms with van der Waals surface area (Å²) >= 11 is 0. The van der Waals surface area contributed by atoms with E-state index in [0.717, 1.165) is 83.5 Å². The van der Waals surface area contributed by atoms with E-state index in [1.54, 1.807) is 0 Å². The Morgan fingerprint density at radius 2 is 0.537 bits per heavy atom. The fourth-order valence-electron chi connectivity index (χ4n) is 10.2. The average Bonchev–Trinajstić information content (AvgIpc) is 3.46. The van der Waals surface area contributed by atoms with Crippen LogP contribution < -0.4 is 0 Å². The molecule has 0 heterocycles. The molecule has 0 amide bonds. The molecule has 0 aliphatic rings. The molecule has 0 aromatic carbocycles. The SMILES string of the molecule is CC/C=C\C/C=C\C/C=C\C/C=C\C/C=C\C/C=C\CCCCCCCCCCCCC(=O)OC(CO)COC(=O)CCCCCCCCCCCCCCCCCCCCCCCCCCC/C=C\C/C=C\CCCCCCC. The van der Waals surface area contributed by atoms with E-state index < -0.39 is 6.10 Å². The Kier molecular flexibility index (Phi) is 67.3. The second kappa shape index (κ2) is 70.1. The Morgan fingerprint density at radius 1 is 0.300 bits per heavy atom. The first-order valence-corrected chi connectivity index (χ1v) is 34.8. The number of carbonyl (C=O) groups is 2. The van der Waals surface area contributed by atoms with Crippen molar-refractivity contribution in [1.29, 1.82) is 0 Å². The second-order valence-corrected chi connectivity index (χ2v) is 23.2. The highest BCUT2D eigenvalue weighted by atomic mass is 16.6. The lowest BCUT2D eigenvalue weighted by Crippen LogP contribution is -2.28. The van der Waals surface area contributed by atoms with Gasteiger partial charge in [-0.25, -0.2) is 0 Å². The van der Waals surface area contributed by atoms with Gasteiger partial charge in [-0.1, -0.05) is 336 Å². The maximum absolute atomic E-state index is 12.4. The van der Waals surface area contributed by atoms with E-state index >= 15 is 0 Å². The highest BCUT2D eigenvalue weighted by Gasteiger charge is 2.16. The molecule has 80 heavy (non-hydrogen) atoms. The third-order valence-electron chi connectivity index (χ3n) is 15.4. The summed E-state index contributed by atoms with van der Waals surface area (Å²) in [6, 6.07) is 0. The van der Waals surface area contributed by atoms with Crippen LogP contribution in [0.2, 0.25) is 0 Å². The van der Waals surface area contributed by atoms with E-state index in [4.69, 9.17) is 9.47 Å². The van der Waals surface area contributed by atoms with Gasteiger partial charge in [-0.15, -0.1) is 0 Å². The first kappa shape index (κ1) is 76.8. The van der Waals surface area contributed by atoms with Gasteiger partial charge < -0.3 is 14.6 Å². The molecule has 1 unspecified atom stereocenters. The second-order valence-electron chi connectivity index (χ2n) is 23.2. The fraction of sp³-hybridized carbons (Fsp3) is 0.760. The number of ether oxygens (including phenoxy) is 2. The van der Waals surface area contributed by atoms with Gasteiger partial charge in [0.2, 0.25) is 0 Å². The molecule has 5 heteroatoms. The van der Waals surface area contributed by atoms with Gasteiger partial charge in [-0.2, -0.15) is 0 Å². The number of hydrogen-bond donors (Lipinski definition) is 1. The van der Waals surface area contributed by atoms with E-state index in [9.17, 15) is 14.7 Å². The van der Waals surface area contributed by atoms with Crippen molar-refractivity contribution in [3.63, 3.8) is 0 Å². The summed E-state index contributed by atoms with van der Waals surface area (Å²) in [5.41, 5.74) is 0. The van der Waals surface area contributed by atoms with Crippen LogP contribution in [-0.2, 0) is 19.1 Å². The van der Waals surface area contributed by atoms with E-state index in [1.165, 1.54) is 238 Å². The van der Waals surface area contributed by atoms with Gasteiger partial charge in [0.15, 0.2) is 6.10 Å². The van der Waals surface area contributed by atoms with Crippen molar-refractivity contribution in [2.24, 2.45) is 0 Å². The quantitative estimate of drug-likeness (QED) is 0.0373. The Labute approximate surface area is 498 Å². The molecule has 0 bridgehead atoms. The van der Waals surface area contributed by atoms with Crippen LogP contribution in [0.5, 0.6) is 0 Å². The molecule has 0 spiro atoms. The fourth-order valence-corrected chi connectivity index (χ4v) is 10.2. The van der Waals surface area contributed by atoms with Crippen molar-refractivity contribution in [2.45, 2.75) is 354 Å². The van der Waals surface area contributed by atoms with Crippen molar-refractivity contribution in [2.75, 3.05) is 13.2 Å². The summed E-state index contributed by atoms with van der Waals surface area (Å²) in [4.78, 5) is 24.6. The smallest absolute Gasteiger partial charge is 0.306 e. The van der Waals surface area contributed by atoms with Gasteiger partial charge >= 0.3 is 11.9 Å². The molecule has 462 valence electrons. The number of allylic oxidation sites excluding steroid dienone is 16. The normalized spacial score (nSPS) is 12.8. The van der Waals surface area contributed by atoms with Crippen LogP contribution in [-0.4, -0.2) is 36.4 Å². The summed E-state index contributed by atoms with van der Waals surface area (Å²) in [6.45, 7) is 4.05. The van der Waals surface area contributed by atoms with Crippen molar-refractivity contribution in [3.8, 4) is 0 Å². The maximum Gasteiger partial charge on any atom is 0.306 e. The molecule has 0 fully saturated rings. The molecule has 0 aliphatic heterocycles. The number of rotatable bonds is 64. The lowest BCUT2D eigenvalue weighted by Gasteiger charge is -2.15. The summed E-state index contributed by atoms with van der Waals surface area (Å²) in [5.74, 6) is -0.584. The molecule has 0 rings (SSSR count). The van der Waals surface area contributed by atoms with Gasteiger partial charge in [-0.05, 0) is 96.3 Å². The number of aliphatic hydroxyl groups excluding tert-OH is 1. The zero-order chi connectivity index (χ0) is 57.6. The Morgan fingerprint density at radius 3 is 0.812 bits per heavy atom. The summed E-state index contributed by atoms with van der Waals surface area (Å²) in [6.07, 6.45) is 100. The van der Waals surface area contributed by atoms with Crippen molar-refractivity contribution >= 4 is 11.9 Å².